The van der Waals surface area contributed by atoms with E-state index in [1.165, 1.54) is 107 Å². The molecule has 0 radical (unpaired) electrons. The van der Waals surface area contributed by atoms with Crippen molar-refractivity contribution in [3.8, 4) is 28.3 Å². The van der Waals surface area contributed by atoms with Crippen LogP contribution in [0.5, 0.6) is 0 Å². The lowest BCUT2D eigenvalue weighted by Gasteiger charge is -2.49. The minimum absolute atomic E-state index is 0.203. The minimum Gasteiger partial charge on any atom is -0.220 e. The van der Waals surface area contributed by atoms with Crippen LogP contribution < -0.4 is 9.13 Å². The lowest BCUT2D eigenvalue weighted by atomic mass is 9.58. The summed E-state index contributed by atoms with van der Waals surface area (Å²) in [5.74, 6) is 2.12. The van der Waals surface area contributed by atoms with E-state index in [4.69, 9.17) is 6.58 Å². The van der Waals surface area contributed by atoms with Crippen LogP contribution in [0, 0.1) is 0 Å². The lowest BCUT2D eigenvalue weighted by Crippen LogP contribution is -2.67. The molecule has 0 amide bonds. The van der Waals surface area contributed by atoms with Gasteiger partial charge in [-0.15, -0.1) is 11.3 Å². The average Bonchev–Trinajstić information content (AvgIpc) is 3.99. The van der Waals surface area contributed by atoms with Crippen LogP contribution in [0.3, 0.4) is 0 Å². The highest BCUT2D eigenvalue weighted by Gasteiger charge is 2.58. The summed E-state index contributed by atoms with van der Waals surface area (Å²) in [6, 6.07) is 41.8. The van der Waals surface area contributed by atoms with Crippen molar-refractivity contribution in [3.05, 3.63) is 163 Å². The van der Waals surface area contributed by atoms with Crippen LogP contribution in [0.15, 0.2) is 140 Å². The number of thiophene rings is 1. The van der Waals surface area contributed by atoms with Gasteiger partial charge in [-0.3, -0.25) is 0 Å². The Balaban J connectivity index is 1.13. The fourth-order valence-electron chi connectivity index (χ4n) is 11.7. The number of hydrogen-bond acceptors (Lipinski definition) is 1. The molecule has 0 fully saturated rings. The summed E-state index contributed by atoms with van der Waals surface area (Å²) in [7, 11) is 0. The number of rotatable bonds is 12. The van der Waals surface area contributed by atoms with Gasteiger partial charge >= 0.3 is 0 Å². The van der Waals surface area contributed by atoms with Gasteiger partial charge in [-0.1, -0.05) is 145 Å². The second kappa shape index (κ2) is 15.0. The third kappa shape index (κ3) is 5.59. The molecule has 4 atom stereocenters. The summed E-state index contributed by atoms with van der Waals surface area (Å²) in [6.07, 6.45) is 17.4. The number of allylic oxidation sites excluding steroid dienone is 1. The first-order valence-corrected chi connectivity index (χ1v) is 23.5. The molecule has 0 N–H and O–H groups in total. The number of imidazole rings is 1. The third-order valence-corrected chi connectivity index (χ3v) is 16.2. The van der Waals surface area contributed by atoms with Crippen molar-refractivity contribution in [1.29, 1.82) is 0 Å². The monoisotopic (exact) mass is 805 g/mol. The highest BCUT2D eigenvalue weighted by molar-refractivity contribution is 7.26. The smallest absolute Gasteiger partial charge is 0.220 e. The number of pyridine rings is 1. The van der Waals surface area contributed by atoms with Crippen LogP contribution in [0.25, 0.3) is 59.3 Å². The number of benzene rings is 5. The predicted octanol–water partition coefficient (Wildman–Crippen LogP) is 14.7. The summed E-state index contributed by atoms with van der Waals surface area (Å²) in [6.45, 7) is 19.0. The Morgan fingerprint density at radius 1 is 0.800 bits per heavy atom. The molecule has 10 rings (SSSR count). The Bertz CT molecular complexity index is 2950. The summed E-state index contributed by atoms with van der Waals surface area (Å²) in [4.78, 5) is 0. The van der Waals surface area contributed by atoms with Gasteiger partial charge in [0.1, 0.15) is 23.6 Å². The SMILES string of the molecule is C=CC1(C)[n+]2ccn(-c3c(C(C)C)cccc3C(C)CCCCC)c2-c2ccccc2C1(CC)CCC1c2ccc3c(sc4ccccc43)c2-c2c3ccccc3cc[n+]21. The molecule has 2 aliphatic heterocycles. The molecule has 5 aromatic carbocycles. The zero-order valence-corrected chi connectivity index (χ0v) is 37.2. The zero-order valence-electron chi connectivity index (χ0n) is 36.3. The summed E-state index contributed by atoms with van der Waals surface area (Å²) in [5.41, 5.74) is 10.7. The van der Waals surface area contributed by atoms with Crippen LogP contribution in [0.2, 0.25) is 0 Å². The number of para-hydroxylation sites is 1. The minimum atomic E-state index is -0.385. The quantitative estimate of drug-likeness (QED) is 0.0663. The highest BCUT2D eigenvalue weighted by atomic mass is 32.1. The molecule has 3 nitrogen and oxygen atoms in total. The molecule has 60 heavy (non-hydrogen) atoms. The molecule has 302 valence electrons. The maximum absolute atomic E-state index is 4.69. The topological polar surface area (TPSA) is 12.7 Å². The predicted molar refractivity (Wildman–Crippen MR) is 254 cm³/mol. The van der Waals surface area contributed by atoms with Crippen molar-refractivity contribution >= 4 is 42.3 Å². The Hall–Kier alpha value is -5.32. The van der Waals surface area contributed by atoms with E-state index in [9.17, 15) is 0 Å². The van der Waals surface area contributed by atoms with Crippen molar-refractivity contribution in [2.45, 2.75) is 115 Å². The van der Waals surface area contributed by atoms with Gasteiger partial charge in [0.15, 0.2) is 12.2 Å². The summed E-state index contributed by atoms with van der Waals surface area (Å²) >= 11 is 1.96. The number of aromatic nitrogens is 3. The van der Waals surface area contributed by atoms with Gasteiger partial charge in [0.2, 0.25) is 5.69 Å². The molecule has 0 bridgehead atoms. The first-order chi connectivity index (χ1) is 29.3. The molecule has 0 spiro atoms. The maximum Gasteiger partial charge on any atom is 0.295 e. The zero-order chi connectivity index (χ0) is 41.3. The molecule has 8 aromatic rings. The van der Waals surface area contributed by atoms with Gasteiger partial charge in [-0.25, -0.2) is 4.57 Å². The normalized spacial score (nSPS) is 19.8. The van der Waals surface area contributed by atoms with Crippen LogP contribution in [-0.4, -0.2) is 4.57 Å². The van der Waals surface area contributed by atoms with E-state index < -0.39 is 0 Å². The van der Waals surface area contributed by atoms with E-state index in [0.29, 0.717) is 11.8 Å². The standard InChI is InChI=1S/C56H59N3S/c1-8-11-12-20-38(6)41-26-19-25-40(37(4)5)51(41)58-35-36-59-54(58)45-24-15-17-27-47(45)56(10-3,55(59,7)9-2)33-31-48-46-30-29-44-43-23-16-18-28-49(43)60-53(44)50(46)52-42-22-14-13-21-39(42)32-34-57(48)52/h9,13-19,21-30,32,34-38,48H,2,8,10-12,20,31,33H2,1,3-7H3/q+2. The molecule has 2 aliphatic rings. The van der Waals surface area contributed by atoms with Gasteiger partial charge in [0.25, 0.3) is 5.82 Å². The highest BCUT2D eigenvalue weighted by Crippen LogP contribution is 2.55. The Labute approximate surface area is 360 Å². The molecule has 0 saturated heterocycles. The van der Waals surface area contributed by atoms with E-state index in [2.05, 4.69) is 189 Å². The van der Waals surface area contributed by atoms with Crippen LogP contribution in [0.1, 0.15) is 127 Å². The average molecular weight is 806 g/mol. The molecular weight excluding hydrogens is 747 g/mol. The number of nitrogens with zero attached hydrogens (tertiary/aromatic N) is 3. The first kappa shape index (κ1) is 38.9. The summed E-state index contributed by atoms with van der Waals surface area (Å²) in [5, 5.41) is 5.35. The number of fused-ring (bicyclic) bond motifs is 12. The van der Waals surface area contributed by atoms with E-state index in [1.54, 1.807) is 0 Å². The van der Waals surface area contributed by atoms with Crippen molar-refractivity contribution in [2.75, 3.05) is 0 Å². The van der Waals surface area contributed by atoms with Crippen molar-refractivity contribution in [3.63, 3.8) is 0 Å². The van der Waals surface area contributed by atoms with E-state index >= 15 is 0 Å². The Morgan fingerprint density at radius 3 is 2.37 bits per heavy atom. The molecule has 5 heterocycles. The van der Waals surface area contributed by atoms with Gasteiger partial charge < -0.3 is 0 Å². The van der Waals surface area contributed by atoms with Crippen LogP contribution in [0.4, 0.5) is 0 Å². The maximum atomic E-state index is 4.69. The van der Waals surface area contributed by atoms with E-state index in [-0.39, 0.29) is 17.0 Å². The second-order valence-corrected chi connectivity index (χ2v) is 19.3. The molecule has 4 unspecified atom stereocenters. The molecule has 0 saturated carbocycles. The fraction of sp³-hybridized carbons (Fsp3) is 0.321. The van der Waals surface area contributed by atoms with Gasteiger partial charge in [-0.05, 0) is 73.2 Å². The number of hydrogen-bond donors (Lipinski definition) is 0. The van der Waals surface area contributed by atoms with Crippen molar-refractivity contribution in [2.24, 2.45) is 0 Å². The van der Waals surface area contributed by atoms with E-state index in [0.717, 1.165) is 19.3 Å². The van der Waals surface area contributed by atoms with Gasteiger partial charge in [0.05, 0.1) is 16.5 Å². The Kier molecular flexibility index (Phi) is 9.71. The van der Waals surface area contributed by atoms with Crippen LogP contribution >= 0.6 is 11.3 Å². The largest absolute Gasteiger partial charge is 0.295 e. The molecule has 0 aliphatic carbocycles. The molecule has 3 aromatic heterocycles. The Morgan fingerprint density at radius 2 is 1.57 bits per heavy atom. The number of unbranched alkanes of at least 4 members (excludes halogenated alkanes) is 2. The lowest BCUT2D eigenvalue weighted by molar-refractivity contribution is -0.752. The second-order valence-electron chi connectivity index (χ2n) is 18.2. The van der Waals surface area contributed by atoms with E-state index in [1.807, 2.05) is 11.3 Å². The van der Waals surface area contributed by atoms with Gasteiger partial charge in [0, 0.05) is 54.8 Å². The molecule has 4 heteroatoms. The van der Waals surface area contributed by atoms with Crippen molar-refractivity contribution < 1.29 is 9.13 Å². The first-order valence-electron chi connectivity index (χ1n) is 22.6. The third-order valence-electron chi connectivity index (χ3n) is 15.0. The van der Waals surface area contributed by atoms with Crippen molar-refractivity contribution in [1.82, 2.24) is 4.57 Å². The van der Waals surface area contributed by atoms with Gasteiger partial charge in [-0.2, -0.15) is 9.13 Å². The summed E-state index contributed by atoms with van der Waals surface area (Å²) < 4.78 is 10.6. The van der Waals surface area contributed by atoms with Crippen LogP contribution in [-0.2, 0) is 11.0 Å². The molecular formula is C56H59N3S+2. The fourth-order valence-corrected chi connectivity index (χ4v) is 13.0.